The molecule has 2 aliphatic heterocycles. The summed E-state index contributed by atoms with van der Waals surface area (Å²) in [7, 11) is 0. The van der Waals surface area contributed by atoms with Gasteiger partial charge in [-0.05, 0) is 38.0 Å². The van der Waals surface area contributed by atoms with Crippen molar-refractivity contribution in [1.82, 2.24) is 0 Å². The molecule has 0 spiro atoms. The number of halogens is 1. The van der Waals surface area contributed by atoms with Gasteiger partial charge in [-0.1, -0.05) is 68.0 Å². The lowest BCUT2D eigenvalue weighted by Crippen LogP contribution is -2.61. The van der Waals surface area contributed by atoms with E-state index in [1.807, 2.05) is 0 Å². The summed E-state index contributed by atoms with van der Waals surface area (Å²) < 4.78 is 31.3. The third kappa shape index (κ3) is 8.14. The predicted molar refractivity (Wildman–Crippen MR) is 157 cm³/mol. The van der Waals surface area contributed by atoms with Gasteiger partial charge in [-0.2, -0.15) is 0 Å². The number of ether oxygens (including phenoxy) is 5. The Morgan fingerprint density at radius 1 is 0.857 bits per heavy atom. The predicted octanol–water partition coefficient (Wildman–Crippen LogP) is 1.34. The molecule has 244 valence electrons. The molecular weight excluding hydrogens is 667 g/mol. The number of aliphatic carboxylic acids is 1. The number of carbonyl (C=O) groups is 1. The van der Waals surface area contributed by atoms with Crippen LogP contribution in [0.4, 0.5) is 0 Å². The van der Waals surface area contributed by atoms with Crippen LogP contribution in [0.5, 0.6) is 0 Å². The van der Waals surface area contributed by atoms with E-state index in [0.29, 0.717) is 12.8 Å². The lowest BCUT2D eigenvalue weighted by molar-refractivity contribution is -0.341. The van der Waals surface area contributed by atoms with Crippen molar-refractivity contribution in [1.29, 1.82) is 0 Å². The molecule has 4 aliphatic rings. The maximum atomic E-state index is 12.2. The van der Waals surface area contributed by atoms with E-state index < -0.39 is 92.1 Å². The van der Waals surface area contributed by atoms with E-state index in [-0.39, 0.29) is 11.8 Å². The van der Waals surface area contributed by atoms with Gasteiger partial charge in [0.1, 0.15) is 30.5 Å². The van der Waals surface area contributed by atoms with Crippen LogP contribution >= 0.6 is 22.6 Å². The second kappa shape index (κ2) is 15.9. The fraction of sp³-hybridized carbons (Fsp3) is 0.966. The van der Waals surface area contributed by atoms with Crippen LogP contribution in [0.2, 0.25) is 0 Å². The van der Waals surface area contributed by atoms with Gasteiger partial charge >= 0.3 is 5.97 Å². The number of carboxylic acid groups (broad SMARTS) is 1. The summed E-state index contributed by atoms with van der Waals surface area (Å²) >= 11 is 2.27. The molecule has 2 saturated heterocycles. The maximum Gasteiger partial charge on any atom is 0.332 e. The van der Waals surface area contributed by atoms with E-state index in [4.69, 9.17) is 23.7 Å². The molecule has 4 fully saturated rings. The first-order valence-corrected chi connectivity index (χ1v) is 17.0. The molecule has 2 aliphatic carbocycles. The van der Waals surface area contributed by atoms with Crippen molar-refractivity contribution in [3.63, 3.8) is 0 Å². The Labute approximate surface area is 261 Å². The van der Waals surface area contributed by atoms with Crippen molar-refractivity contribution in [3.05, 3.63) is 0 Å². The summed E-state index contributed by atoms with van der Waals surface area (Å²) in [5.41, 5.74) is 0. The molecule has 5 unspecified atom stereocenters. The second-order valence-corrected chi connectivity index (χ2v) is 13.4. The van der Waals surface area contributed by atoms with Crippen molar-refractivity contribution >= 4 is 28.6 Å². The van der Waals surface area contributed by atoms with Crippen molar-refractivity contribution in [2.75, 3.05) is 11.0 Å². The lowest BCUT2D eigenvalue weighted by Gasteiger charge is -2.47. The molecule has 6 N–H and O–H groups in total. The molecule has 42 heavy (non-hydrogen) atoms. The van der Waals surface area contributed by atoms with E-state index in [1.54, 1.807) is 13.8 Å². The zero-order chi connectivity index (χ0) is 30.6. The standard InChI is InChI=1S/C29H49IO12/c1-14-25(39-19(27(36)37)11-16-7-4-3-5-8-16)22(33)20(13-31)41-28(14)40-18-10-6-9-17(12-30)26(18)42-29-24(35)23(34)21(32)15(2)38-29/h14-26,28-29,31-35H,3-13H2,1-2H3,(H,36,37)/t14?,15-,17?,18+,19-,20-,21?,22-,23-,24-,25?,26+,28+,29?/m0/s1. The monoisotopic (exact) mass is 716 g/mol. The Morgan fingerprint density at radius 3 is 2.21 bits per heavy atom. The van der Waals surface area contributed by atoms with Gasteiger partial charge in [0.15, 0.2) is 18.7 Å². The highest BCUT2D eigenvalue weighted by Gasteiger charge is 2.50. The number of rotatable bonds is 11. The van der Waals surface area contributed by atoms with E-state index in [9.17, 15) is 35.4 Å². The van der Waals surface area contributed by atoms with Gasteiger partial charge < -0.3 is 54.3 Å². The Kier molecular flexibility index (Phi) is 13.1. The molecule has 0 bridgehead atoms. The highest BCUT2D eigenvalue weighted by Crippen LogP contribution is 2.38. The van der Waals surface area contributed by atoms with Crippen molar-refractivity contribution in [3.8, 4) is 0 Å². The molecule has 0 aromatic heterocycles. The van der Waals surface area contributed by atoms with Crippen LogP contribution in [0, 0.1) is 17.8 Å². The van der Waals surface area contributed by atoms with E-state index in [1.165, 1.54) is 0 Å². The minimum Gasteiger partial charge on any atom is -0.479 e. The smallest absolute Gasteiger partial charge is 0.332 e. The number of carboxylic acids is 1. The van der Waals surface area contributed by atoms with Gasteiger partial charge in [-0.15, -0.1) is 0 Å². The Hall–Kier alpha value is -0.200. The Bertz CT molecular complexity index is 845. The first-order chi connectivity index (χ1) is 20.0. The molecule has 4 rings (SSSR count). The summed E-state index contributed by atoms with van der Waals surface area (Å²) in [6.07, 6.45) is -4.54. The molecule has 0 aromatic carbocycles. The number of hydrogen-bond donors (Lipinski definition) is 6. The maximum absolute atomic E-state index is 12.2. The van der Waals surface area contributed by atoms with Crippen LogP contribution in [0.3, 0.4) is 0 Å². The van der Waals surface area contributed by atoms with Crippen LogP contribution in [0.25, 0.3) is 0 Å². The molecule has 13 heteroatoms. The third-order valence-electron chi connectivity index (χ3n) is 9.52. The van der Waals surface area contributed by atoms with Gasteiger partial charge in [0.25, 0.3) is 0 Å². The molecule has 0 amide bonds. The minimum atomic E-state index is -1.46. The molecule has 2 heterocycles. The van der Waals surface area contributed by atoms with E-state index in [2.05, 4.69) is 22.6 Å². The van der Waals surface area contributed by atoms with Crippen LogP contribution < -0.4 is 0 Å². The van der Waals surface area contributed by atoms with Gasteiger partial charge in [-0.25, -0.2) is 4.79 Å². The zero-order valence-corrected chi connectivity index (χ0v) is 26.6. The Morgan fingerprint density at radius 2 is 1.57 bits per heavy atom. The fourth-order valence-electron chi connectivity index (χ4n) is 6.87. The third-order valence-corrected chi connectivity index (χ3v) is 10.7. The number of alkyl halides is 1. The first kappa shape index (κ1) is 34.7. The van der Waals surface area contributed by atoms with Crippen molar-refractivity contribution in [2.24, 2.45) is 17.8 Å². The number of aliphatic hydroxyl groups excluding tert-OH is 5. The van der Waals surface area contributed by atoms with Crippen LogP contribution in [-0.2, 0) is 28.5 Å². The summed E-state index contributed by atoms with van der Waals surface area (Å²) in [6.45, 7) is 2.86. The molecule has 12 nitrogen and oxygen atoms in total. The highest BCUT2D eigenvalue weighted by molar-refractivity contribution is 14.1. The van der Waals surface area contributed by atoms with Gasteiger partial charge in [-0.3, -0.25) is 0 Å². The molecule has 0 radical (unpaired) electrons. The van der Waals surface area contributed by atoms with Gasteiger partial charge in [0.2, 0.25) is 0 Å². The zero-order valence-electron chi connectivity index (χ0n) is 24.4. The molecule has 14 atom stereocenters. The summed E-state index contributed by atoms with van der Waals surface area (Å²) in [5.74, 6) is -1.37. The normalized spacial score (nSPS) is 44.5. The second-order valence-electron chi connectivity index (χ2n) is 12.5. The molecular formula is C29H49IO12. The SMILES string of the molecule is CC1C(O[C@@H](CC2CCCCC2)C(=O)O)[C@@H](O)[C@H](CO)O[C@H]1O[C@@H]1CCCC(CI)[C@H]1OC1O[C@@H](C)C(O)[C@H](O)[C@@H]1O. The quantitative estimate of drug-likeness (QED) is 0.134. The number of hydrogen-bond acceptors (Lipinski definition) is 11. The van der Waals surface area contributed by atoms with Gasteiger partial charge in [0.05, 0.1) is 31.0 Å². The summed E-state index contributed by atoms with van der Waals surface area (Å²) in [5, 5.41) is 62.0. The topological polar surface area (TPSA) is 185 Å². The van der Waals surface area contributed by atoms with E-state index >= 15 is 0 Å². The minimum absolute atomic E-state index is 0.0384. The highest BCUT2D eigenvalue weighted by atomic mass is 127. The largest absolute Gasteiger partial charge is 0.479 e. The Balaban J connectivity index is 1.49. The van der Waals surface area contributed by atoms with Crippen LogP contribution in [-0.4, -0.2) is 121 Å². The van der Waals surface area contributed by atoms with Crippen molar-refractivity contribution < 1.29 is 59.1 Å². The van der Waals surface area contributed by atoms with Crippen LogP contribution in [0.15, 0.2) is 0 Å². The molecule has 0 aromatic rings. The average molecular weight is 717 g/mol. The van der Waals surface area contributed by atoms with Gasteiger partial charge in [0, 0.05) is 10.3 Å². The van der Waals surface area contributed by atoms with Crippen molar-refractivity contribution in [2.45, 2.75) is 145 Å². The lowest BCUT2D eigenvalue weighted by atomic mass is 9.84. The summed E-state index contributed by atoms with van der Waals surface area (Å²) in [4.78, 5) is 12.2. The number of aliphatic hydroxyl groups is 5. The fourth-order valence-corrected chi connectivity index (χ4v) is 7.81. The van der Waals surface area contributed by atoms with E-state index in [0.717, 1.165) is 49.4 Å². The average Bonchev–Trinajstić information content (AvgIpc) is 2.98. The molecule has 2 saturated carbocycles. The first-order valence-electron chi connectivity index (χ1n) is 15.4. The van der Waals surface area contributed by atoms with Crippen LogP contribution in [0.1, 0.15) is 71.6 Å². The summed E-state index contributed by atoms with van der Waals surface area (Å²) in [6, 6.07) is 0.